The summed E-state index contributed by atoms with van der Waals surface area (Å²) in [6, 6.07) is 4.52. The summed E-state index contributed by atoms with van der Waals surface area (Å²) in [5.74, 6) is -0.217. The fourth-order valence-corrected chi connectivity index (χ4v) is 1.31. The van der Waals surface area contributed by atoms with Crippen molar-refractivity contribution in [1.82, 2.24) is 5.32 Å². The number of carbonyl (C=O) groups excluding carboxylic acids is 1. The second-order valence-electron chi connectivity index (χ2n) is 3.90. The van der Waals surface area contributed by atoms with Crippen LogP contribution in [-0.4, -0.2) is 32.8 Å². The third kappa shape index (κ3) is 5.14. The van der Waals surface area contributed by atoms with E-state index in [2.05, 4.69) is 5.32 Å². The van der Waals surface area contributed by atoms with E-state index >= 15 is 0 Å². The molecule has 0 heterocycles. The van der Waals surface area contributed by atoms with Gasteiger partial charge in [-0.1, -0.05) is 6.07 Å². The molecule has 4 nitrogen and oxygen atoms in total. The van der Waals surface area contributed by atoms with Gasteiger partial charge in [0.05, 0.1) is 0 Å². The van der Waals surface area contributed by atoms with Gasteiger partial charge in [0, 0.05) is 26.3 Å². The van der Waals surface area contributed by atoms with Gasteiger partial charge in [0.2, 0.25) is 0 Å². The highest BCUT2D eigenvalue weighted by Gasteiger charge is 2.04. The molecule has 0 saturated heterocycles. The molecule has 0 fully saturated rings. The lowest BCUT2D eigenvalue weighted by atomic mass is 10.2. The van der Waals surface area contributed by atoms with Crippen molar-refractivity contribution in [1.29, 1.82) is 0 Å². The van der Waals surface area contributed by atoms with Crippen LogP contribution >= 0.6 is 0 Å². The molecule has 0 atom stereocenters. The Labute approximate surface area is 106 Å². The fraction of sp³-hybridized carbons (Fsp3) is 0.462. The van der Waals surface area contributed by atoms with Gasteiger partial charge < -0.3 is 14.8 Å². The van der Waals surface area contributed by atoms with Crippen LogP contribution in [0.5, 0.6) is 5.75 Å². The maximum atomic E-state index is 13.2. The highest BCUT2D eigenvalue weighted by Crippen LogP contribution is 2.15. The molecule has 18 heavy (non-hydrogen) atoms. The minimum Gasteiger partial charge on any atom is -0.484 e. The first kappa shape index (κ1) is 14.4. The van der Waals surface area contributed by atoms with E-state index in [0.29, 0.717) is 24.5 Å². The van der Waals surface area contributed by atoms with E-state index in [9.17, 15) is 9.18 Å². The molecule has 1 N–H and O–H groups in total. The van der Waals surface area contributed by atoms with Crippen molar-refractivity contribution < 1.29 is 18.7 Å². The molecule has 100 valence electrons. The zero-order valence-corrected chi connectivity index (χ0v) is 10.7. The van der Waals surface area contributed by atoms with Crippen LogP contribution in [0, 0.1) is 12.7 Å². The lowest BCUT2D eigenvalue weighted by Crippen LogP contribution is -2.30. The molecule has 1 aromatic rings. The Bertz CT molecular complexity index is 396. The average molecular weight is 255 g/mol. The summed E-state index contributed by atoms with van der Waals surface area (Å²) in [4.78, 5) is 11.4. The number of hydrogen-bond donors (Lipinski definition) is 1. The molecule has 1 amide bonds. The smallest absolute Gasteiger partial charge is 0.257 e. The first-order valence-electron chi connectivity index (χ1n) is 5.78. The van der Waals surface area contributed by atoms with Crippen molar-refractivity contribution in [2.24, 2.45) is 0 Å². The zero-order valence-electron chi connectivity index (χ0n) is 10.7. The quantitative estimate of drug-likeness (QED) is 0.754. The van der Waals surface area contributed by atoms with Gasteiger partial charge in [0.15, 0.2) is 6.61 Å². The van der Waals surface area contributed by atoms with Gasteiger partial charge in [0.25, 0.3) is 5.91 Å². The molecule has 0 aliphatic heterocycles. The Hall–Kier alpha value is -1.62. The van der Waals surface area contributed by atoms with Gasteiger partial charge in [-0.05, 0) is 25.0 Å². The number of amides is 1. The van der Waals surface area contributed by atoms with Crippen molar-refractivity contribution in [2.45, 2.75) is 13.3 Å². The van der Waals surface area contributed by atoms with Gasteiger partial charge in [-0.2, -0.15) is 0 Å². The lowest BCUT2D eigenvalue weighted by Gasteiger charge is -2.08. The SMILES string of the molecule is COCCCNC(=O)COc1ccc(C)c(F)c1. The number of methoxy groups -OCH3 is 1. The normalized spacial score (nSPS) is 10.2. The summed E-state index contributed by atoms with van der Waals surface area (Å²) in [6.45, 7) is 2.69. The van der Waals surface area contributed by atoms with Crippen molar-refractivity contribution in [3.05, 3.63) is 29.6 Å². The molecule has 0 aliphatic carbocycles. The van der Waals surface area contributed by atoms with Gasteiger partial charge >= 0.3 is 0 Å². The topological polar surface area (TPSA) is 47.6 Å². The highest BCUT2D eigenvalue weighted by atomic mass is 19.1. The molecule has 5 heteroatoms. The summed E-state index contributed by atoms with van der Waals surface area (Å²) in [5.41, 5.74) is 0.548. The number of nitrogens with one attached hydrogen (secondary N) is 1. The molecule has 0 aliphatic rings. The second kappa shape index (κ2) is 7.66. The van der Waals surface area contributed by atoms with E-state index in [1.54, 1.807) is 26.2 Å². The Morgan fingerprint density at radius 3 is 2.89 bits per heavy atom. The number of halogens is 1. The molecule has 0 radical (unpaired) electrons. The third-order valence-corrected chi connectivity index (χ3v) is 2.36. The van der Waals surface area contributed by atoms with E-state index < -0.39 is 0 Å². The van der Waals surface area contributed by atoms with Crippen molar-refractivity contribution in [2.75, 3.05) is 26.9 Å². The van der Waals surface area contributed by atoms with Crippen LogP contribution in [0.15, 0.2) is 18.2 Å². The first-order chi connectivity index (χ1) is 8.63. The van der Waals surface area contributed by atoms with Crippen molar-refractivity contribution in [3.8, 4) is 5.75 Å². The second-order valence-corrected chi connectivity index (χ2v) is 3.90. The molecular weight excluding hydrogens is 237 g/mol. The largest absolute Gasteiger partial charge is 0.484 e. The summed E-state index contributed by atoms with van der Waals surface area (Å²) < 4.78 is 23.2. The number of carbonyl (C=O) groups is 1. The van der Waals surface area contributed by atoms with Crippen LogP contribution < -0.4 is 10.1 Å². The van der Waals surface area contributed by atoms with Crippen molar-refractivity contribution >= 4 is 5.91 Å². The van der Waals surface area contributed by atoms with Crippen molar-refractivity contribution in [3.63, 3.8) is 0 Å². The Morgan fingerprint density at radius 2 is 2.22 bits per heavy atom. The number of hydrogen-bond acceptors (Lipinski definition) is 3. The number of ether oxygens (including phenoxy) is 2. The Balaban J connectivity index is 2.27. The summed E-state index contributed by atoms with van der Waals surface area (Å²) >= 11 is 0. The highest BCUT2D eigenvalue weighted by molar-refractivity contribution is 5.77. The summed E-state index contributed by atoms with van der Waals surface area (Å²) in [5, 5.41) is 2.68. The molecular formula is C13H18FNO3. The molecule has 0 spiro atoms. The van der Waals surface area contributed by atoms with E-state index in [4.69, 9.17) is 9.47 Å². The predicted octanol–water partition coefficient (Wildman–Crippen LogP) is 1.67. The van der Waals surface area contributed by atoms with Crippen LogP contribution in [0.4, 0.5) is 4.39 Å². The monoisotopic (exact) mass is 255 g/mol. The standard InChI is InChI=1S/C13H18FNO3/c1-10-4-5-11(8-12(10)14)18-9-13(16)15-6-3-7-17-2/h4-5,8H,3,6-7,9H2,1-2H3,(H,15,16). The third-order valence-electron chi connectivity index (χ3n) is 2.36. The molecule has 0 aromatic heterocycles. The molecule has 0 bridgehead atoms. The van der Waals surface area contributed by atoms with Gasteiger partial charge in [-0.25, -0.2) is 4.39 Å². The van der Waals surface area contributed by atoms with E-state index in [1.807, 2.05) is 0 Å². The predicted molar refractivity (Wildman–Crippen MR) is 66.1 cm³/mol. The van der Waals surface area contributed by atoms with E-state index in [-0.39, 0.29) is 18.3 Å². The van der Waals surface area contributed by atoms with E-state index in [1.165, 1.54) is 6.07 Å². The van der Waals surface area contributed by atoms with Crippen LogP contribution in [-0.2, 0) is 9.53 Å². The number of rotatable bonds is 7. The number of benzene rings is 1. The van der Waals surface area contributed by atoms with Crippen LogP contribution in [0.1, 0.15) is 12.0 Å². The van der Waals surface area contributed by atoms with Gasteiger partial charge in [-0.15, -0.1) is 0 Å². The Kier molecular flexibility index (Phi) is 6.14. The minimum absolute atomic E-state index is 0.116. The minimum atomic E-state index is -0.340. The Morgan fingerprint density at radius 1 is 1.44 bits per heavy atom. The zero-order chi connectivity index (χ0) is 13.4. The van der Waals surface area contributed by atoms with Crippen LogP contribution in [0.3, 0.4) is 0 Å². The number of aryl methyl sites for hydroxylation is 1. The molecule has 1 rings (SSSR count). The van der Waals surface area contributed by atoms with Crippen LogP contribution in [0.2, 0.25) is 0 Å². The maximum absolute atomic E-state index is 13.2. The van der Waals surface area contributed by atoms with E-state index in [0.717, 1.165) is 6.42 Å². The average Bonchev–Trinajstić information content (AvgIpc) is 2.36. The summed E-state index contributed by atoms with van der Waals surface area (Å²) in [6.07, 6.45) is 0.751. The van der Waals surface area contributed by atoms with Crippen LogP contribution in [0.25, 0.3) is 0 Å². The fourth-order valence-electron chi connectivity index (χ4n) is 1.31. The molecule has 0 saturated carbocycles. The summed E-state index contributed by atoms with van der Waals surface area (Å²) in [7, 11) is 1.61. The molecule has 0 unspecified atom stereocenters. The first-order valence-corrected chi connectivity index (χ1v) is 5.78. The lowest BCUT2D eigenvalue weighted by molar-refractivity contribution is -0.123. The van der Waals surface area contributed by atoms with Gasteiger partial charge in [-0.3, -0.25) is 4.79 Å². The maximum Gasteiger partial charge on any atom is 0.257 e. The van der Waals surface area contributed by atoms with Gasteiger partial charge in [0.1, 0.15) is 11.6 Å². The molecule has 1 aromatic carbocycles.